The highest BCUT2D eigenvalue weighted by atomic mass is 16.5. The maximum atomic E-state index is 12.2. The first kappa shape index (κ1) is 16.3. The van der Waals surface area contributed by atoms with Gasteiger partial charge in [-0.1, -0.05) is 5.16 Å². The number of nitrogens with one attached hydrogen (secondary N) is 1. The van der Waals surface area contributed by atoms with Crippen molar-refractivity contribution in [1.29, 1.82) is 0 Å². The van der Waals surface area contributed by atoms with Gasteiger partial charge < -0.3 is 19.2 Å². The second-order valence-corrected chi connectivity index (χ2v) is 5.77. The molecule has 1 saturated heterocycles. The summed E-state index contributed by atoms with van der Waals surface area (Å²) >= 11 is 0. The van der Waals surface area contributed by atoms with Crippen molar-refractivity contribution in [2.24, 2.45) is 0 Å². The molecule has 1 aliphatic heterocycles. The fourth-order valence-corrected chi connectivity index (χ4v) is 2.63. The van der Waals surface area contributed by atoms with E-state index in [1.807, 2.05) is 0 Å². The van der Waals surface area contributed by atoms with Crippen molar-refractivity contribution in [3.63, 3.8) is 0 Å². The highest BCUT2D eigenvalue weighted by Gasteiger charge is 2.22. The monoisotopic (exact) mass is 332 g/mol. The van der Waals surface area contributed by atoms with Gasteiger partial charge in [-0.15, -0.1) is 0 Å². The molecule has 0 aromatic carbocycles. The van der Waals surface area contributed by atoms with Crippen molar-refractivity contribution < 1.29 is 18.5 Å². The van der Waals surface area contributed by atoms with Crippen LogP contribution in [0.15, 0.2) is 33.6 Å². The first-order valence-electron chi connectivity index (χ1n) is 7.89. The number of aromatic nitrogens is 1. The van der Waals surface area contributed by atoms with Gasteiger partial charge in [0.05, 0.1) is 11.8 Å². The minimum Gasteiger partial charge on any atom is -0.472 e. The number of hydrogen-bond acceptors (Lipinski definition) is 6. The van der Waals surface area contributed by atoms with Gasteiger partial charge in [-0.3, -0.25) is 14.5 Å². The summed E-state index contributed by atoms with van der Waals surface area (Å²) in [5.74, 6) is 0.986. The van der Waals surface area contributed by atoms with Crippen LogP contribution >= 0.6 is 0 Å². The molecule has 1 fully saturated rings. The van der Waals surface area contributed by atoms with E-state index in [9.17, 15) is 9.59 Å². The molecule has 128 valence electrons. The van der Waals surface area contributed by atoms with Gasteiger partial charge in [0.25, 0.3) is 5.91 Å². The Morgan fingerprint density at radius 1 is 1.29 bits per heavy atom. The van der Waals surface area contributed by atoms with Gasteiger partial charge in [0.2, 0.25) is 5.91 Å². The molecular weight excluding hydrogens is 312 g/mol. The normalized spacial score (nSPS) is 15.5. The minimum atomic E-state index is -0.0970. The Kier molecular flexibility index (Phi) is 4.95. The van der Waals surface area contributed by atoms with E-state index in [1.54, 1.807) is 24.0 Å². The Balaban J connectivity index is 1.39. The van der Waals surface area contributed by atoms with E-state index >= 15 is 0 Å². The summed E-state index contributed by atoms with van der Waals surface area (Å²) < 4.78 is 9.85. The molecule has 8 heteroatoms. The van der Waals surface area contributed by atoms with Crippen molar-refractivity contribution in [3.8, 4) is 0 Å². The number of rotatable bonds is 5. The lowest BCUT2D eigenvalue weighted by Gasteiger charge is -2.34. The van der Waals surface area contributed by atoms with Crippen LogP contribution in [0.1, 0.15) is 22.5 Å². The lowest BCUT2D eigenvalue weighted by molar-refractivity contribution is -0.116. The maximum Gasteiger partial charge on any atom is 0.257 e. The average molecular weight is 332 g/mol. The molecular formula is C16H20N4O4. The van der Waals surface area contributed by atoms with Crippen molar-refractivity contribution >= 4 is 17.6 Å². The zero-order chi connectivity index (χ0) is 16.9. The molecule has 0 spiro atoms. The lowest BCUT2D eigenvalue weighted by atomic mass is 10.2. The van der Waals surface area contributed by atoms with Crippen LogP contribution in [0.2, 0.25) is 0 Å². The summed E-state index contributed by atoms with van der Waals surface area (Å²) in [7, 11) is 0. The summed E-state index contributed by atoms with van der Waals surface area (Å²) in [6, 6.07) is 3.35. The molecule has 3 heterocycles. The fraction of sp³-hybridized carbons (Fsp3) is 0.438. The number of amides is 2. The largest absolute Gasteiger partial charge is 0.472 e. The van der Waals surface area contributed by atoms with E-state index in [0.29, 0.717) is 43.2 Å². The van der Waals surface area contributed by atoms with Crippen LogP contribution in [0.4, 0.5) is 5.82 Å². The lowest BCUT2D eigenvalue weighted by Crippen LogP contribution is -2.49. The Bertz CT molecular complexity index is 687. The summed E-state index contributed by atoms with van der Waals surface area (Å²) in [6.07, 6.45) is 3.34. The molecule has 1 aliphatic rings. The van der Waals surface area contributed by atoms with Crippen molar-refractivity contribution in [3.05, 3.63) is 36.0 Å². The van der Waals surface area contributed by atoms with E-state index in [1.165, 1.54) is 12.5 Å². The van der Waals surface area contributed by atoms with E-state index in [4.69, 9.17) is 8.94 Å². The predicted molar refractivity (Wildman–Crippen MR) is 85.5 cm³/mol. The molecule has 0 atom stereocenters. The summed E-state index contributed by atoms with van der Waals surface area (Å²) in [5, 5.41) is 6.43. The summed E-state index contributed by atoms with van der Waals surface area (Å²) in [6.45, 7) is 5.21. The van der Waals surface area contributed by atoms with E-state index in [0.717, 1.165) is 13.1 Å². The van der Waals surface area contributed by atoms with Gasteiger partial charge in [0.15, 0.2) is 5.82 Å². The van der Waals surface area contributed by atoms with Crippen molar-refractivity contribution in [2.75, 3.05) is 38.0 Å². The molecule has 0 aliphatic carbocycles. The molecule has 0 saturated carbocycles. The van der Waals surface area contributed by atoms with Gasteiger partial charge in [0, 0.05) is 45.2 Å². The Morgan fingerprint density at radius 3 is 2.71 bits per heavy atom. The number of aryl methyl sites for hydroxylation is 1. The molecule has 2 aromatic rings. The molecule has 3 rings (SSSR count). The van der Waals surface area contributed by atoms with Crippen LogP contribution in [-0.2, 0) is 4.79 Å². The minimum absolute atomic E-state index is 0.0115. The van der Waals surface area contributed by atoms with Gasteiger partial charge in [-0.2, -0.15) is 0 Å². The molecule has 0 unspecified atom stereocenters. The molecule has 1 N–H and O–H groups in total. The summed E-state index contributed by atoms with van der Waals surface area (Å²) in [4.78, 5) is 28.1. The van der Waals surface area contributed by atoms with E-state index < -0.39 is 0 Å². The van der Waals surface area contributed by atoms with E-state index in [2.05, 4.69) is 15.4 Å². The Morgan fingerprint density at radius 2 is 2.08 bits per heavy atom. The smallest absolute Gasteiger partial charge is 0.257 e. The van der Waals surface area contributed by atoms with Crippen LogP contribution < -0.4 is 5.32 Å². The van der Waals surface area contributed by atoms with Crippen LogP contribution in [0.5, 0.6) is 0 Å². The van der Waals surface area contributed by atoms with Gasteiger partial charge in [-0.25, -0.2) is 0 Å². The predicted octanol–water partition coefficient (Wildman–Crippen LogP) is 1.36. The van der Waals surface area contributed by atoms with Crippen molar-refractivity contribution in [2.45, 2.75) is 13.3 Å². The zero-order valence-corrected chi connectivity index (χ0v) is 13.5. The number of carbonyl (C=O) groups is 2. The summed E-state index contributed by atoms with van der Waals surface area (Å²) in [5.41, 5.74) is 0.575. The fourth-order valence-electron chi connectivity index (χ4n) is 2.63. The van der Waals surface area contributed by atoms with Gasteiger partial charge in [0.1, 0.15) is 12.0 Å². The zero-order valence-electron chi connectivity index (χ0n) is 13.5. The highest BCUT2D eigenvalue weighted by molar-refractivity contribution is 5.93. The maximum absolute atomic E-state index is 12.2. The molecule has 0 radical (unpaired) electrons. The van der Waals surface area contributed by atoms with Crippen LogP contribution in [-0.4, -0.2) is 59.5 Å². The number of anilines is 1. The first-order valence-corrected chi connectivity index (χ1v) is 7.89. The molecule has 8 nitrogen and oxygen atoms in total. The number of hydrogen-bond donors (Lipinski definition) is 1. The molecule has 24 heavy (non-hydrogen) atoms. The Hall–Kier alpha value is -2.61. The second kappa shape index (κ2) is 7.31. The quantitative estimate of drug-likeness (QED) is 0.889. The first-order chi connectivity index (χ1) is 11.6. The van der Waals surface area contributed by atoms with Crippen LogP contribution in [0.3, 0.4) is 0 Å². The molecule has 2 aromatic heterocycles. The number of carbonyl (C=O) groups excluding carboxylic acids is 2. The third kappa shape index (κ3) is 4.02. The third-order valence-electron chi connectivity index (χ3n) is 3.98. The topological polar surface area (TPSA) is 91.8 Å². The SMILES string of the molecule is Cc1cc(NC(=O)CCN2CCN(C(=O)c3ccoc3)CC2)no1. The second-order valence-electron chi connectivity index (χ2n) is 5.77. The van der Waals surface area contributed by atoms with Crippen LogP contribution in [0, 0.1) is 6.92 Å². The van der Waals surface area contributed by atoms with Crippen LogP contribution in [0.25, 0.3) is 0 Å². The molecule has 0 bridgehead atoms. The Labute approximate surface area is 139 Å². The molecule has 2 amide bonds. The van der Waals surface area contributed by atoms with Gasteiger partial charge >= 0.3 is 0 Å². The standard InChI is InChI=1S/C16H20N4O4/c1-12-10-14(18-24-12)17-15(21)2-4-19-5-7-20(8-6-19)16(22)13-3-9-23-11-13/h3,9-11H,2,4-8H2,1H3,(H,17,18,21). The number of nitrogens with zero attached hydrogens (tertiary/aromatic N) is 3. The average Bonchev–Trinajstić information content (AvgIpc) is 3.25. The number of furan rings is 1. The van der Waals surface area contributed by atoms with E-state index in [-0.39, 0.29) is 11.8 Å². The van der Waals surface area contributed by atoms with Gasteiger partial charge in [-0.05, 0) is 13.0 Å². The number of piperazine rings is 1. The van der Waals surface area contributed by atoms with Crippen molar-refractivity contribution in [1.82, 2.24) is 15.0 Å². The third-order valence-corrected chi connectivity index (χ3v) is 3.98. The highest BCUT2D eigenvalue weighted by Crippen LogP contribution is 2.10.